The molecule has 0 radical (unpaired) electrons. The van der Waals surface area contributed by atoms with E-state index in [2.05, 4.69) is 16.0 Å². The van der Waals surface area contributed by atoms with E-state index in [9.17, 15) is 0 Å². The monoisotopic (exact) mass is 240 g/mol. The summed E-state index contributed by atoms with van der Waals surface area (Å²) in [6, 6.07) is 5.96. The molecule has 1 aliphatic carbocycles. The first-order chi connectivity index (χ1) is 8.88. The van der Waals surface area contributed by atoms with Crippen LogP contribution in [0.15, 0.2) is 30.6 Å². The summed E-state index contributed by atoms with van der Waals surface area (Å²) >= 11 is 0. The largest absolute Gasteiger partial charge is 0.497 e. The van der Waals surface area contributed by atoms with E-state index < -0.39 is 0 Å². The van der Waals surface area contributed by atoms with Crippen molar-refractivity contribution in [3.8, 4) is 5.75 Å². The normalized spacial score (nSPS) is 15.5. The number of hydrogen-bond donors (Lipinski definition) is 0. The van der Waals surface area contributed by atoms with Crippen molar-refractivity contribution in [3.05, 3.63) is 36.3 Å². The summed E-state index contributed by atoms with van der Waals surface area (Å²) in [7, 11) is 1.69. The van der Waals surface area contributed by atoms with Crippen LogP contribution < -0.4 is 4.74 Å². The van der Waals surface area contributed by atoms with Crippen LogP contribution in [0.4, 0.5) is 0 Å². The van der Waals surface area contributed by atoms with Gasteiger partial charge in [0.25, 0.3) is 0 Å². The summed E-state index contributed by atoms with van der Waals surface area (Å²) in [5.74, 6) is 0.856. The van der Waals surface area contributed by atoms with Gasteiger partial charge < -0.3 is 4.74 Å². The summed E-state index contributed by atoms with van der Waals surface area (Å²) in [6.45, 7) is 0. The highest BCUT2D eigenvalue weighted by atomic mass is 16.5. The van der Waals surface area contributed by atoms with Gasteiger partial charge in [-0.3, -0.25) is 0 Å². The molecule has 1 aromatic heterocycles. The van der Waals surface area contributed by atoms with Gasteiger partial charge in [-0.25, -0.2) is 9.97 Å². The van der Waals surface area contributed by atoms with Crippen molar-refractivity contribution in [1.82, 2.24) is 9.97 Å². The molecule has 0 saturated heterocycles. The molecule has 0 amide bonds. The van der Waals surface area contributed by atoms with E-state index in [4.69, 9.17) is 4.74 Å². The van der Waals surface area contributed by atoms with Crippen LogP contribution in [-0.4, -0.2) is 17.1 Å². The minimum Gasteiger partial charge on any atom is -0.497 e. The van der Waals surface area contributed by atoms with E-state index in [1.807, 2.05) is 18.2 Å². The van der Waals surface area contributed by atoms with Gasteiger partial charge in [-0.15, -0.1) is 0 Å². The van der Waals surface area contributed by atoms with E-state index in [-0.39, 0.29) is 0 Å². The van der Waals surface area contributed by atoms with Gasteiger partial charge in [-0.2, -0.15) is 0 Å². The van der Waals surface area contributed by atoms with E-state index in [1.165, 1.54) is 18.4 Å². The summed E-state index contributed by atoms with van der Waals surface area (Å²) in [5, 5.41) is 1.09. The minimum atomic E-state index is 0.856. The molecule has 0 fully saturated rings. The Hall–Kier alpha value is -1.90. The Morgan fingerprint density at radius 1 is 1.17 bits per heavy atom. The predicted molar refractivity (Wildman–Crippen MR) is 72.5 cm³/mol. The number of rotatable bonds is 2. The molecule has 1 aliphatic rings. The van der Waals surface area contributed by atoms with Crippen LogP contribution in [-0.2, 0) is 0 Å². The van der Waals surface area contributed by atoms with E-state index in [1.54, 1.807) is 13.4 Å². The average Bonchev–Trinajstić information content (AvgIpc) is 2.47. The molecule has 3 nitrogen and oxygen atoms in total. The van der Waals surface area contributed by atoms with Crippen molar-refractivity contribution in [3.63, 3.8) is 0 Å². The molecule has 0 N–H and O–H groups in total. The quantitative estimate of drug-likeness (QED) is 0.804. The van der Waals surface area contributed by atoms with E-state index in [0.29, 0.717) is 0 Å². The number of aromatic nitrogens is 2. The van der Waals surface area contributed by atoms with Crippen molar-refractivity contribution in [2.45, 2.75) is 25.7 Å². The van der Waals surface area contributed by atoms with Crippen molar-refractivity contribution in [2.75, 3.05) is 7.11 Å². The first kappa shape index (κ1) is 11.2. The maximum Gasteiger partial charge on any atom is 0.119 e. The molecular weight excluding hydrogens is 224 g/mol. The first-order valence-corrected chi connectivity index (χ1v) is 6.36. The zero-order valence-corrected chi connectivity index (χ0v) is 10.5. The molecule has 0 spiro atoms. The highest BCUT2D eigenvalue weighted by Gasteiger charge is 2.12. The lowest BCUT2D eigenvalue weighted by atomic mass is 9.95. The maximum atomic E-state index is 5.29. The van der Waals surface area contributed by atoms with Crippen LogP contribution in [0.1, 0.15) is 31.4 Å². The van der Waals surface area contributed by atoms with Crippen LogP contribution >= 0.6 is 0 Å². The summed E-state index contributed by atoms with van der Waals surface area (Å²) in [6.07, 6.45) is 8.77. The molecule has 92 valence electrons. The van der Waals surface area contributed by atoms with E-state index >= 15 is 0 Å². The number of allylic oxidation sites excluding steroid dienone is 2. The van der Waals surface area contributed by atoms with Crippen molar-refractivity contribution >= 4 is 16.5 Å². The fourth-order valence-corrected chi connectivity index (χ4v) is 2.47. The maximum absolute atomic E-state index is 5.29. The van der Waals surface area contributed by atoms with Gasteiger partial charge >= 0.3 is 0 Å². The lowest BCUT2D eigenvalue weighted by Gasteiger charge is -2.14. The highest BCUT2D eigenvalue weighted by molar-refractivity contribution is 5.90. The Bertz CT molecular complexity index is 604. The fourth-order valence-electron chi connectivity index (χ4n) is 2.47. The van der Waals surface area contributed by atoms with E-state index in [0.717, 1.165) is 35.2 Å². The molecule has 0 bridgehead atoms. The zero-order chi connectivity index (χ0) is 12.4. The van der Waals surface area contributed by atoms with Crippen LogP contribution in [0.3, 0.4) is 0 Å². The fraction of sp³-hybridized carbons (Fsp3) is 0.333. The smallest absolute Gasteiger partial charge is 0.119 e. The molecule has 2 aromatic rings. The number of methoxy groups -OCH3 is 1. The van der Waals surface area contributed by atoms with Gasteiger partial charge in [0.1, 0.15) is 12.1 Å². The molecule has 0 aliphatic heterocycles. The highest BCUT2D eigenvalue weighted by Crippen LogP contribution is 2.31. The molecule has 0 unspecified atom stereocenters. The topological polar surface area (TPSA) is 35.0 Å². The van der Waals surface area contributed by atoms with Crippen LogP contribution in [0.2, 0.25) is 0 Å². The van der Waals surface area contributed by atoms with Gasteiger partial charge in [0.15, 0.2) is 0 Å². The second-order valence-electron chi connectivity index (χ2n) is 4.58. The molecule has 1 aromatic carbocycles. The third-order valence-electron chi connectivity index (χ3n) is 3.44. The molecular formula is C15H16N2O. The Balaban J connectivity index is 2.18. The molecule has 1 heterocycles. The number of fused-ring (bicyclic) bond motifs is 1. The number of hydrogen-bond acceptors (Lipinski definition) is 3. The lowest BCUT2D eigenvalue weighted by Crippen LogP contribution is -1.97. The Labute approximate surface area is 107 Å². The molecule has 0 saturated carbocycles. The molecule has 18 heavy (non-hydrogen) atoms. The number of benzene rings is 1. The second-order valence-corrected chi connectivity index (χ2v) is 4.58. The SMILES string of the molecule is COc1ccc2ncnc(C3=CCCCC3)c2c1. The van der Waals surface area contributed by atoms with Crippen molar-refractivity contribution in [2.24, 2.45) is 0 Å². The van der Waals surface area contributed by atoms with Gasteiger partial charge in [0.2, 0.25) is 0 Å². The average molecular weight is 240 g/mol. The Kier molecular flexibility index (Phi) is 2.97. The standard InChI is InChI=1S/C15H16N2O/c1-18-12-7-8-14-13(9-12)15(17-10-16-14)11-5-3-2-4-6-11/h5,7-10H,2-4,6H2,1H3. The van der Waals surface area contributed by atoms with Gasteiger partial charge in [-0.1, -0.05) is 6.08 Å². The molecule has 0 atom stereocenters. The van der Waals surface area contributed by atoms with Crippen LogP contribution in [0.5, 0.6) is 5.75 Å². The predicted octanol–water partition coefficient (Wildman–Crippen LogP) is 3.60. The van der Waals surface area contributed by atoms with Gasteiger partial charge in [0, 0.05) is 5.39 Å². The van der Waals surface area contributed by atoms with Crippen LogP contribution in [0.25, 0.3) is 16.5 Å². The summed E-state index contributed by atoms with van der Waals surface area (Å²) < 4.78 is 5.29. The zero-order valence-electron chi connectivity index (χ0n) is 10.5. The third-order valence-corrected chi connectivity index (χ3v) is 3.44. The van der Waals surface area contributed by atoms with Crippen molar-refractivity contribution in [1.29, 1.82) is 0 Å². The van der Waals surface area contributed by atoms with Gasteiger partial charge in [-0.05, 0) is 49.5 Å². The minimum absolute atomic E-state index is 0.856. The molecule has 3 rings (SSSR count). The Morgan fingerprint density at radius 2 is 2.11 bits per heavy atom. The third kappa shape index (κ3) is 1.96. The van der Waals surface area contributed by atoms with Crippen LogP contribution in [0, 0.1) is 0 Å². The summed E-state index contributed by atoms with van der Waals surface area (Å²) in [5.41, 5.74) is 3.40. The lowest BCUT2D eigenvalue weighted by molar-refractivity contribution is 0.415. The first-order valence-electron chi connectivity index (χ1n) is 6.36. The van der Waals surface area contributed by atoms with Gasteiger partial charge in [0.05, 0.1) is 18.3 Å². The molecule has 3 heteroatoms. The number of nitrogens with zero attached hydrogens (tertiary/aromatic N) is 2. The number of ether oxygens (including phenoxy) is 1. The Morgan fingerprint density at radius 3 is 2.89 bits per heavy atom. The summed E-state index contributed by atoms with van der Waals surface area (Å²) in [4.78, 5) is 8.79. The second kappa shape index (κ2) is 4.77. The van der Waals surface area contributed by atoms with Crippen molar-refractivity contribution < 1.29 is 4.74 Å².